The molecule has 0 unspecified atom stereocenters. The van der Waals surface area contributed by atoms with Gasteiger partial charge in [-0.25, -0.2) is 4.79 Å². The van der Waals surface area contributed by atoms with Gasteiger partial charge in [-0.2, -0.15) is 0 Å². The predicted octanol–water partition coefficient (Wildman–Crippen LogP) is 4.73. The molecule has 20 heavy (non-hydrogen) atoms. The number of ether oxygens (including phenoxy) is 1. The first kappa shape index (κ1) is 18.4. The summed E-state index contributed by atoms with van der Waals surface area (Å²) in [5.74, 6) is 0. The highest BCUT2D eigenvalue weighted by atomic mass is 79.9. The number of nitrogens with one attached hydrogen (secondary N) is 1. The third-order valence-corrected chi connectivity index (χ3v) is 2.29. The molecule has 0 aromatic heterocycles. The van der Waals surface area contributed by atoms with Crippen molar-refractivity contribution in [3.63, 3.8) is 0 Å². The van der Waals surface area contributed by atoms with E-state index in [4.69, 9.17) is 4.74 Å². The van der Waals surface area contributed by atoms with E-state index in [0.29, 0.717) is 4.47 Å². The van der Waals surface area contributed by atoms with Gasteiger partial charge in [0, 0.05) is 10.5 Å². The van der Waals surface area contributed by atoms with Crippen LogP contribution in [0.2, 0.25) is 0 Å². The maximum atomic E-state index is 11.5. The summed E-state index contributed by atoms with van der Waals surface area (Å²) < 4.78 is 5.58. The molecule has 1 N–H and O–H groups in total. The van der Waals surface area contributed by atoms with Crippen LogP contribution in [0.1, 0.15) is 34.6 Å². The Balaban J connectivity index is 0.00000172. The van der Waals surface area contributed by atoms with Crippen LogP contribution in [0.25, 0.3) is 0 Å². The highest BCUT2D eigenvalue weighted by Gasteiger charge is 2.20. The van der Waals surface area contributed by atoms with Gasteiger partial charge in [-0.15, -0.1) is 0 Å². The third-order valence-electron chi connectivity index (χ3n) is 1.79. The van der Waals surface area contributed by atoms with Crippen LogP contribution in [-0.2, 0) is 4.74 Å². The number of halogens is 1. The first-order valence-electron chi connectivity index (χ1n) is 6.13. The van der Waals surface area contributed by atoms with Crippen LogP contribution < -0.4 is 5.32 Å². The van der Waals surface area contributed by atoms with Gasteiger partial charge < -0.3 is 4.74 Å². The summed E-state index contributed by atoms with van der Waals surface area (Å²) in [4.78, 5) is 21.8. The van der Waals surface area contributed by atoms with Gasteiger partial charge >= 0.3 is 6.09 Å². The number of nitro benzene ring substituents is 1. The lowest BCUT2D eigenvalue weighted by Crippen LogP contribution is -2.27. The number of benzene rings is 1. The number of carbonyl (C=O) groups is 1. The molecule has 6 nitrogen and oxygen atoms in total. The fraction of sp³-hybridized carbons (Fsp3) is 0.462. The van der Waals surface area contributed by atoms with Crippen LogP contribution in [0.3, 0.4) is 0 Å². The van der Waals surface area contributed by atoms with E-state index in [-0.39, 0.29) is 11.4 Å². The smallest absolute Gasteiger partial charge is 0.412 e. The van der Waals surface area contributed by atoms with Gasteiger partial charge in [-0.05, 0) is 32.9 Å². The van der Waals surface area contributed by atoms with Crippen molar-refractivity contribution in [2.75, 3.05) is 5.32 Å². The fourth-order valence-corrected chi connectivity index (χ4v) is 1.52. The van der Waals surface area contributed by atoms with Crippen molar-refractivity contribution in [3.05, 3.63) is 32.8 Å². The molecular formula is C13H19BrN2O4. The highest BCUT2D eigenvalue weighted by Crippen LogP contribution is 2.28. The number of anilines is 1. The van der Waals surface area contributed by atoms with Gasteiger partial charge in [0.2, 0.25) is 0 Å². The van der Waals surface area contributed by atoms with E-state index in [1.54, 1.807) is 26.8 Å². The minimum absolute atomic E-state index is 0.0949. The van der Waals surface area contributed by atoms with Gasteiger partial charge in [-0.3, -0.25) is 15.4 Å². The van der Waals surface area contributed by atoms with Crippen LogP contribution in [-0.4, -0.2) is 16.6 Å². The van der Waals surface area contributed by atoms with E-state index < -0.39 is 16.6 Å². The molecule has 0 bridgehead atoms. The molecule has 0 spiro atoms. The average Bonchev–Trinajstić information content (AvgIpc) is 2.31. The summed E-state index contributed by atoms with van der Waals surface area (Å²) in [6.45, 7) is 9.13. The van der Waals surface area contributed by atoms with Crippen molar-refractivity contribution < 1.29 is 14.5 Å². The Kier molecular flexibility index (Phi) is 7.20. The zero-order chi connectivity index (χ0) is 15.9. The second-order valence-electron chi connectivity index (χ2n) is 4.55. The Bertz CT molecular complexity index is 484. The van der Waals surface area contributed by atoms with Crippen molar-refractivity contribution >= 4 is 33.4 Å². The van der Waals surface area contributed by atoms with Crippen molar-refractivity contribution in [2.45, 2.75) is 40.2 Å². The molecule has 112 valence electrons. The molecule has 0 atom stereocenters. The fourth-order valence-electron chi connectivity index (χ4n) is 1.18. The lowest BCUT2D eigenvalue weighted by atomic mass is 10.2. The molecule has 1 rings (SSSR count). The van der Waals surface area contributed by atoms with Gasteiger partial charge in [0.05, 0.1) is 4.92 Å². The van der Waals surface area contributed by atoms with Gasteiger partial charge in [-0.1, -0.05) is 29.8 Å². The van der Waals surface area contributed by atoms with Crippen molar-refractivity contribution in [2.24, 2.45) is 0 Å². The summed E-state index contributed by atoms with van der Waals surface area (Å²) in [6, 6.07) is 4.35. The van der Waals surface area contributed by atoms with E-state index in [0.717, 1.165) is 0 Å². The molecule has 1 amide bonds. The average molecular weight is 347 g/mol. The van der Waals surface area contributed by atoms with E-state index in [2.05, 4.69) is 21.2 Å². The van der Waals surface area contributed by atoms with Gasteiger partial charge in [0.1, 0.15) is 11.3 Å². The Morgan fingerprint density at radius 1 is 1.35 bits per heavy atom. The number of hydrogen-bond acceptors (Lipinski definition) is 4. The Labute approximate surface area is 126 Å². The summed E-state index contributed by atoms with van der Waals surface area (Å²) in [5.41, 5.74) is -0.763. The first-order valence-corrected chi connectivity index (χ1v) is 6.92. The number of nitro groups is 1. The third kappa shape index (κ3) is 6.51. The zero-order valence-electron chi connectivity index (χ0n) is 12.2. The maximum Gasteiger partial charge on any atom is 0.412 e. The molecule has 0 heterocycles. The lowest BCUT2D eigenvalue weighted by Gasteiger charge is -2.19. The number of hydrogen-bond donors (Lipinski definition) is 1. The quantitative estimate of drug-likeness (QED) is 0.619. The number of amides is 1. The molecule has 0 saturated heterocycles. The van der Waals surface area contributed by atoms with Crippen molar-refractivity contribution in [1.82, 2.24) is 0 Å². The standard InChI is InChI=1S/C11H13BrN2O4.C2H6/c1-11(2,3)18-10(15)13-8-5-4-7(12)6-9(8)14(16)17;1-2/h4-6H,1-3H3,(H,13,15);1-2H3. The van der Waals surface area contributed by atoms with E-state index in [1.165, 1.54) is 12.1 Å². The summed E-state index contributed by atoms with van der Waals surface area (Å²) in [5, 5.41) is 13.2. The van der Waals surface area contributed by atoms with Crippen molar-refractivity contribution in [1.29, 1.82) is 0 Å². The maximum absolute atomic E-state index is 11.5. The molecule has 0 radical (unpaired) electrons. The first-order chi connectivity index (χ1) is 9.19. The van der Waals surface area contributed by atoms with Crippen LogP contribution in [0.5, 0.6) is 0 Å². The van der Waals surface area contributed by atoms with Gasteiger partial charge in [0.15, 0.2) is 0 Å². The van der Waals surface area contributed by atoms with E-state index >= 15 is 0 Å². The van der Waals surface area contributed by atoms with Crippen LogP contribution in [0.15, 0.2) is 22.7 Å². The minimum Gasteiger partial charge on any atom is -0.444 e. The van der Waals surface area contributed by atoms with Crippen LogP contribution in [0, 0.1) is 10.1 Å². The Morgan fingerprint density at radius 3 is 2.35 bits per heavy atom. The molecule has 0 aliphatic heterocycles. The largest absolute Gasteiger partial charge is 0.444 e. The summed E-state index contributed by atoms with van der Waals surface area (Å²) in [7, 11) is 0. The molecule has 1 aromatic rings. The van der Waals surface area contributed by atoms with Crippen LogP contribution >= 0.6 is 15.9 Å². The number of nitrogens with zero attached hydrogens (tertiary/aromatic N) is 1. The zero-order valence-corrected chi connectivity index (χ0v) is 13.8. The van der Waals surface area contributed by atoms with E-state index in [9.17, 15) is 14.9 Å². The second kappa shape index (κ2) is 7.84. The molecule has 7 heteroatoms. The normalized spacial score (nSPS) is 10.1. The summed E-state index contributed by atoms with van der Waals surface area (Å²) in [6.07, 6.45) is -0.729. The van der Waals surface area contributed by atoms with Gasteiger partial charge in [0.25, 0.3) is 5.69 Å². The van der Waals surface area contributed by atoms with Crippen LogP contribution in [0.4, 0.5) is 16.2 Å². The Hall–Kier alpha value is -1.63. The van der Waals surface area contributed by atoms with Crippen molar-refractivity contribution in [3.8, 4) is 0 Å². The molecule has 1 aromatic carbocycles. The monoisotopic (exact) mass is 346 g/mol. The molecule has 0 fully saturated rings. The SMILES string of the molecule is CC.CC(C)(C)OC(=O)Nc1ccc(Br)cc1[N+](=O)[O-]. The highest BCUT2D eigenvalue weighted by molar-refractivity contribution is 9.10. The molecule has 0 aliphatic rings. The number of rotatable bonds is 2. The number of carbonyl (C=O) groups excluding carboxylic acids is 1. The van der Waals surface area contributed by atoms with E-state index in [1.807, 2.05) is 13.8 Å². The minimum atomic E-state index is -0.729. The predicted molar refractivity (Wildman–Crippen MR) is 82.0 cm³/mol. The second-order valence-corrected chi connectivity index (χ2v) is 5.46. The molecular weight excluding hydrogens is 328 g/mol. The molecule has 0 saturated carbocycles. The Morgan fingerprint density at radius 2 is 1.90 bits per heavy atom. The lowest BCUT2D eigenvalue weighted by molar-refractivity contribution is -0.384. The molecule has 0 aliphatic carbocycles. The summed E-state index contributed by atoms with van der Waals surface area (Å²) >= 11 is 3.13. The topological polar surface area (TPSA) is 81.5 Å².